The molecule has 2 N–H and O–H groups in total. The normalized spacial score (nSPS) is 16.1. The summed E-state index contributed by atoms with van der Waals surface area (Å²) in [6.45, 7) is 8.03. The molecule has 0 saturated carbocycles. The first kappa shape index (κ1) is 30.3. The maximum Gasteiger partial charge on any atom is 0.290 e. The van der Waals surface area contributed by atoms with Gasteiger partial charge in [-0.25, -0.2) is 4.98 Å². The fourth-order valence-electron chi connectivity index (χ4n) is 5.57. The van der Waals surface area contributed by atoms with E-state index in [1.54, 1.807) is 6.07 Å². The number of benzene rings is 2. The van der Waals surface area contributed by atoms with Crippen molar-refractivity contribution in [3.05, 3.63) is 87.4 Å². The zero-order valence-electron chi connectivity index (χ0n) is 23.8. The third kappa shape index (κ3) is 7.81. The Bertz CT molecular complexity index is 1500. The third-order valence-corrected chi connectivity index (χ3v) is 8.53. The summed E-state index contributed by atoms with van der Waals surface area (Å²) in [4.78, 5) is 20.5. The summed E-state index contributed by atoms with van der Waals surface area (Å²) in [6, 6.07) is 16.3. The van der Waals surface area contributed by atoms with Gasteiger partial charge in [-0.2, -0.15) is 0 Å². The van der Waals surface area contributed by atoms with Crippen molar-refractivity contribution in [3.8, 4) is 5.75 Å². The molecule has 4 aromatic rings. The predicted molar refractivity (Wildman–Crippen MR) is 167 cm³/mol. The molecular formula is C32H37Cl2N5O3. The standard InChI is InChI=1S/C31H35Cl2N5O.CH2O2/c1-21-2-7-29-30(14-21)38(19-22-17-34-18-22)31(36-29)20-37-12-9-26(10-13-37)39-27-8-11-35-25(16-27)6-4-23-3-5-24(32)15-28(23)33;2-1-3/h2-3,5,7-8,11,14-16,22,26,34H,4,6,9-10,12-13,17-20H2,1H3;1H,(H,2,3). The van der Waals surface area contributed by atoms with Crippen LogP contribution in [0.1, 0.15) is 35.5 Å². The first-order chi connectivity index (χ1) is 20.4. The van der Waals surface area contributed by atoms with Gasteiger partial charge in [0, 0.05) is 66.6 Å². The zero-order valence-corrected chi connectivity index (χ0v) is 25.3. The summed E-state index contributed by atoms with van der Waals surface area (Å²) in [5, 5.41) is 11.7. The van der Waals surface area contributed by atoms with Crippen LogP contribution in [0, 0.1) is 12.8 Å². The molecule has 2 aliphatic heterocycles. The number of ether oxygens (including phenoxy) is 1. The quantitative estimate of drug-likeness (QED) is 0.232. The van der Waals surface area contributed by atoms with Gasteiger partial charge in [0.05, 0.1) is 17.6 Å². The summed E-state index contributed by atoms with van der Waals surface area (Å²) < 4.78 is 8.87. The number of fused-ring (bicyclic) bond motifs is 1. The Labute approximate surface area is 256 Å². The van der Waals surface area contributed by atoms with Crippen LogP contribution >= 0.6 is 23.2 Å². The summed E-state index contributed by atoms with van der Waals surface area (Å²) in [5.41, 5.74) is 5.74. The number of likely N-dealkylation sites (tertiary alicyclic amines) is 1. The molecule has 0 spiro atoms. The van der Waals surface area contributed by atoms with Crippen molar-refractivity contribution < 1.29 is 14.6 Å². The van der Waals surface area contributed by atoms with E-state index in [1.807, 2.05) is 24.4 Å². The lowest BCUT2D eigenvalue weighted by Gasteiger charge is -2.33. The van der Waals surface area contributed by atoms with Gasteiger partial charge < -0.3 is 19.7 Å². The highest BCUT2D eigenvalue weighted by atomic mass is 35.5. The summed E-state index contributed by atoms with van der Waals surface area (Å²) in [7, 11) is 0. The molecule has 2 fully saturated rings. The Balaban J connectivity index is 0.00000113. The Morgan fingerprint density at radius 2 is 1.86 bits per heavy atom. The van der Waals surface area contributed by atoms with Gasteiger partial charge in [0.2, 0.25) is 0 Å². The number of aryl methyl sites for hydroxylation is 3. The highest BCUT2D eigenvalue weighted by Gasteiger charge is 2.25. The number of piperidine rings is 1. The average Bonchev–Trinajstić information content (AvgIpc) is 3.27. The van der Waals surface area contributed by atoms with Gasteiger partial charge in [-0.05, 0) is 74.1 Å². The lowest BCUT2D eigenvalue weighted by atomic mass is 10.0. The van der Waals surface area contributed by atoms with Gasteiger partial charge in [0.25, 0.3) is 6.47 Å². The van der Waals surface area contributed by atoms with Crippen LogP contribution in [-0.2, 0) is 30.7 Å². The number of nitrogens with zero attached hydrogens (tertiary/aromatic N) is 4. The first-order valence-electron chi connectivity index (χ1n) is 14.4. The predicted octanol–water partition coefficient (Wildman–Crippen LogP) is 5.80. The van der Waals surface area contributed by atoms with E-state index in [0.29, 0.717) is 16.0 Å². The second-order valence-electron chi connectivity index (χ2n) is 11.1. The lowest BCUT2D eigenvalue weighted by molar-refractivity contribution is -0.122. The number of imidazole rings is 1. The van der Waals surface area contributed by atoms with E-state index in [2.05, 4.69) is 51.0 Å². The van der Waals surface area contributed by atoms with E-state index in [9.17, 15) is 0 Å². The second kappa shape index (κ2) is 14.3. The van der Waals surface area contributed by atoms with Gasteiger partial charge in [0.1, 0.15) is 17.7 Å². The van der Waals surface area contributed by atoms with Crippen molar-refractivity contribution in [2.75, 3.05) is 26.2 Å². The minimum atomic E-state index is -0.250. The molecule has 8 nitrogen and oxygen atoms in total. The number of pyridine rings is 1. The van der Waals surface area contributed by atoms with Crippen LogP contribution in [-0.4, -0.2) is 63.3 Å². The minimum absolute atomic E-state index is 0.213. The van der Waals surface area contributed by atoms with Crippen molar-refractivity contribution in [1.82, 2.24) is 24.8 Å². The SMILES string of the molecule is Cc1ccc2nc(CN3CCC(Oc4ccnc(CCc5ccc(Cl)cc5Cl)c4)CC3)n(CC3CNC3)c2c1.O=CO. The zero-order chi connectivity index (χ0) is 29.5. The molecule has 0 radical (unpaired) electrons. The molecule has 10 heteroatoms. The maximum atomic E-state index is 8.36. The smallest absolute Gasteiger partial charge is 0.290 e. The number of carbonyl (C=O) groups is 1. The fourth-order valence-corrected chi connectivity index (χ4v) is 6.08. The van der Waals surface area contributed by atoms with E-state index < -0.39 is 0 Å². The molecule has 2 aromatic heterocycles. The molecule has 2 aromatic carbocycles. The highest BCUT2D eigenvalue weighted by Crippen LogP contribution is 2.26. The number of halogens is 2. The molecule has 4 heterocycles. The monoisotopic (exact) mass is 609 g/mol. The van der Waals surface area contributed by atoms with Crippen molar-refractivity contribution in [2.45, 2.75) is 51.8 Å². The highest BCUT2D eigenvalue weighted by molar-refractivity contribution is 6.35. The van der Waals surface area contributed by atoms with Crippen LogP contribution in [0.2, 0.25) is 10.0 Å². The first-order valence-corrected chi connectivity index (χ1v) is 15.2. The van der Waals surface area contributed by atoms with Gasteiger partial charge in [-0.1, -0.05) is 35.3 Å². The molecule has 0 amide bonds. The van der Waals surface area contributed by atoms with Gasteiger partial charge >= 0.3 is 0 Å². The number of hydrogen-bond donors (Lipinski definition) is 2. The minimum Gasteiger partial charge on any atom is -0.490 e. The Morgan fingerprint density at radius 1 is 1.07 bits per heavy atom. The molecule has 0 atom stereocenters. The molecule has 0 unspecified atom stereocenters. The van der Waals surface area contributed by atoms with E-state index in [1.165, 1.54) is 16.9 Å². The molecule has 2 saturated heterocycles. The van der Waals surface area contributed by atoms with E-state index >= 15 is 0 Å². The van der Waals surface area contributed by atoms with Gasteiger partial charge in [0.15, 0.2) is 0 Å². The molecule has 6 rings (SSSR count). The van der Waals surface area contributed by atoms with Crippen LogP contribution in [0.3, 0.4) is 0 Å². The Kier molecular flexibility index (Phi) is 10.3. The van der Waals surface area contributed by atoms with E-state index in [4.69, 9.17) is 42.8 Å². The maximum absolute atomic E-state index is 8.36. The van der Waals surface area contributed by atoms with Crippen LogP contribution in [0.4, 0.5) is 0 Å². The van der Waals surface area contributed by atoms with E-state index in [-0.39, 0.29) is 12.6 Å². The van der Waals surface area contributed by atoms with Gasteiger partial charge in [-0.3, -0.25) is 14.7 Å². The number of rotatable bonds is 9. The Morgan fingerprint density at radius 3 is 2.57 bits per heavy atom. The van der Waals surface area contributed by atoms with Gasteiger partial charge in [-0.15, -0.1) is 0 Å². The van der Waals surface area contributed by atoms with Crippen LogP contribution in [0.25, 0.3) is 11.0 Å². The fraction of sp³-hybridized carbons (Fsp3) is 0.406. The van der Waals surface area contributed by atoms with Crippen molar-refractivity contribution in [3.63, 3.8) is 0 Å². The number of hydrogen-bond acceptors (Lipinski definition) is 6. The molecule has 222 valence electrons. The molecule has 0 bridgehead atoms. The molecule has 42 heavy (non-hydrogen) atoms. The number of nitrogens with one attached hydrogen (secondary N) is 1. The molecule has 0 aliphatic carbocycles. The van der Waals surface area contributed by atoms with Crippen LogP contribution in [0.15, 0.2) is 54.7 Å². The number of aromatic nitrogens is 3. The second-order valence-corrected chi connectivity index (χ2v) is 11.9. The Hall–Kier alpha value is -3.17. The summed E-state index contributed by atoms with van der Waals surface area (Å²) in [5.74, 6) is 2.77. The van der Waals surface area contributed by atoms with E-state index in [0.717, 1.165) is 87.5 Å². The van der Waals surface area contributed by atoms with Crippen LogP contribution < -0.4 is 10.1 Å². The molecule has 2 aliphatic rings. The van der Waals surface area contributed by atoms with Crippen molar-refractivity contribution >= 4 is 40.7 Å². The van der Waals surface area contributed by atoms with Crippen LogP contribution in [0.5, 0.6) is 5.75 Å². The largest absolute Gasteiger partial charge is 0.490 e. The average molecular weight is 611 g/mol. The van der Waals surface area contributed by atoms with Crippen molar-refractivity contribution in [2.24, 2.45) is 5.92 Å². The molecular weight excluding hydrogens is 573 g/mol. The van der Waals surface area contributed by atoms with Crippen molar-refractivity contribution in [1.29, 1.82) is 0 Å². The summed E-state index contributed by atoms with van der Waals surface area (Å²) in [6.07, 6.45) is 5.67. The third-order valence-electron chi connectivity index (χ3n) is 7.95. The summed E-state index contributed by atoms with van der Waals surface area (Å²) >= 11 is 12.4. The lowest BCUT2D eigenvalue weighted by Crippen LogP contribution is -2.44. The topological polar surface area (TPSA) is 92.5 Å². The number of carboxylic acid groups (broad SMARTS) is 1.